The Balaban J connectivity index is 2.71. The lowest BCUT2D eigenvalue weighted by Crippen LogP contribution is -2.46. The van der Waals surface area contributed by atoms with Crippen molar-refractivity contribution in [2.75, 3.05) is 26.7 Å². The Kier molecular flexibility index (Phi) is 3.66. The lowest BCUT2D eigenvalue weighted by molar-refractivity contribution is 0.345. The molecule has 0 bridgehead atoms. The average Bonchev–Trinajstić information content (AvgIpc) is 2.58. The second kappa shape index (κ2) is 4.36. The Bertz CT molecular complexity index is 246. The van der Waals surface area contributed by atoms with E-state index in [1.54, 1.807) is 0 Å². The van der Waals surface area contributed by atoms with Crippen LogP contribution in [-0.4, -0.2) is 45.4 Å². The molecule has 13 heavy (non-hydrogen) atoms. The fraction of sp³-hybridized carbons (Fsp3) is 1.00. The predicted octanol–water partition coefficient (Wildman–Crippen LogP) is -0.866. The highest BCUT2D eigenvalue weighted by Crippen LogP contribution is 2.11. The molecule has 0 spiro atoms. The fourth-order valence-electron chi connectivity index (χ4n) is 1.63. The SMILES string of the molecule is CCN(C1CCNC1)S(=O)(=O)NC. The minimum absolute atomic E-state index is 0.113. The van der Waals surface area contributed by atoms with Crippen LogP contribution in [0.25, 0.3) is 0 Å². The maximum Gasteiger partial charge on any atom is 0.279 e. The van der Waals surface area contributed by atoms with Crippen molar-refractivity contribution in [3.05, 3.63) is 0 Å². The summed E-state index contributed by atoms with van der Waals surface area (Å²) in [6.45, 7) is 4.04. The Hall–Kier alpha value is -0.170. The third-order valence-corrected chi connectivity index (χ3v) is 4.01. The van der Waals surface area contributed by atoms with E-state index in [9.17, 15) is 8.42 Å². The van der Waals surface area contributed by atoms with Crippen molar-refractivity contribution < 1.29 is 8.42 Å². The molecular formula is C7H17N3O2S. The lowest BCUT2D eigenvalue weighted by Gasteiger charge is -2.25. The number of likely N-dealkylation sites (N-methyl/N-ethyl adjacent to an activating group) is 1. The second-order valence-electron chi connectivity index (χ2n) is 3.06. The van der Waals surface area contributed by atoms with Crippen LogP contribution in [0, 0.1) is 0 Å². The van der Waals surface area contributed by atoms with Gasteiger partial charge in [0.25, 0.3) is 10.2 Å². The van der Waals surface area contributed by atoms with Gasteiger partial charge in [-0.3, -0.25) is 0 Å². The van der Waals surface area contributed by atoms with Gasteiger partial charge >= 0.3 is 0 Å². The number of rotatable bonds is 4. The van der Waals surface area contributed by atoms with E-state index >= 15 is 0 Å². The average molecular weight is 207 g/mol. The van der Waals surface area contributed by atoms with Gasteiger partial charge in [0, 0.05) is 26.2 Å². The minimum atomic E-state index is -3.25. The van der Waals surface area contributed by atoms with Crippen LogP contribution in [0.3, 0.4) is 0 Å². The zero-order valence-electron chi connectivity index (χ0n) is 8.08. The highest BCUT2D eigenvalue weighted by atomic mass is 32.2. The quantitative estimate of drug-likeness (QED) is 0.630. The molecule has 0 aromatic carbocycles. The van der Waals surface area contributed by atoms with Crippen LogP contribution in [0.5, 0.6) is 0 Å². The second-order valence-corrected chi connectivity index (χ2v) is 4.89. The third-order valence-electron chi connectivity index (χ3n) is 2.32. The largest absolute Gasteiger partial charge is 0.315 e. The summed E-state index contributed by atoms with van der Waals surface area (Å²) in [4.78, 5) is 0. The van der Waals surface area contributed by atoms with E-state index in [2.05, 4.69) is 10.0 Å². The van der Waals surface area contributed by atoms with E-state index in [-0.39, 0.29) is 6.04 Å². The van der Waals surface area contributed by atoms with Gasteiger partial charge in [0.1, 0.15) is 0 Å². The molecule has 1 heterocycles. The fourth-order valence-corrected chi connectivity index (χ4v) is 2.77. The molecule has 1 aliphatic rings. The van der Waals surface area contributed by atoms with E-state index in [0.717, 1.165) is 19.5 Å². The Morgan fingerprint density at radius 2 is 2.31 bits per heavy atom. The van der Waals surface area contributed by atoms with Gasteiger partial charge in [0.2, 0.25) is 0 Å². The molecule has 0 radical (unpaired) electrons. The normalized spacial score (nSPS) is 24.1. The highest BCUT2D eigenvalue weighted by Gasteiger charge is 2.29. The summed E-state index contributed by atoms with van der Waals surface area (Å²) >= 11 is 0. The smallest absolute Gasteiger partial charge is 0.279 e. The Morgan fingerprint density at radius 3 is 2.69 bits per heavy atom. The summed E-state index contributed by atoms with van der Waals surface area (Å²) in [5, 5.41) is 3.15. The molecule has 1 fully saturated rings. The monoisotopic (exact) mass is 207 g/mol. The first kappa shape index (κ1) is 10.9. The van der Waals surface area contributed by atoms with Crippen molar-refractivity contribution in [3.8, 4) is 0 Å². The van der Waals surface area contributed by atoms with Crippen molar-refractivity contribution in [2.24, 2.45) is 0 Å². The number of nitrogens with zero attached hydrogens (tertiary/aromatic N) is 1. The minimum Gasteiger partial charge on any atom is -0.315 e. The van der Waals surface area contributed by atoms with Crippen molar-refractivity contribution in [2.45, 2.75) is 19.4 Å². The molecule has 1 aliphatic heterocycles. The molecule has 0 aromatic rings. The third kappa shape index (κ3) is 2.40. The van der Waals surface area contributed by atoms with Gasteiger partial charge in [-0.2, -0.15) is 12.7 Å². The van der Waals surface area contributed by atoms with Crippen LogP contribution in [0.1, 0.15) is 13.3 Å². The molecule has 0 amide bonds. The number of hydrogen-bond donors (Lipinski definition) is 2. The van der Waals surface area contributed by atoms with Gasteiger partial charge in [-0.1, -0.05) is 6.92 Å². The van der Waals surface area contributed by atoms with Crippen molar-refractivity contribution in [1.82, 2.24) is 14.3 Å². The van der Waals surface area contributed by atoms with Crippen molar-refractivity contribution in [3.63, 3.8) is 0 Å². The first-order valence-corrected chi connectivity index (χ1v) is 5.97. The summed E-state index contributed by atoms with van der Waals surface area (Å²) in [5.41, 5.74) is 0. The molecule has 0 aliphatic carbocycles. The summed E-state index contributed by atoms with van der Waals surface area (Å²) in [5.74, 6) is 0. The molecule has 0 aromatic heterocycles. The van der Waals surface area contributed by atoms with Crippen LogP contribution < -0.4 is 10.0 Å². The van der Waals surface area contributed by atoms with Crippen molar-refractivity contribution >= 4 is 10.2 Å². The lowest BCUT2D eigenvalue weighted by atomic mass is 10.3. The van der Waals surface area contributed by atoms with Crippen LogP contribution in [-0.2, 0) is 10.2 Å². The molecule has 6 heteroatoms. The molecular weight excluding hydrogens is 190 g/mol. The number of nitrogens with one attached hydrogen (secondary N) is 2. The summed E-state index contributed by atoms with van der Waals surface area (Å²) in [7, 11) is -1.81. The van der Waals surface area contributed by atoms with E-state index < -0.39 is 10.2 Å². The zero-order valence-corrected chi connectivity index (χ0v) is 8.89. The Morgan fingerprint density at radius 1 is 1.62 bits per heavy atom. The number of hydrogen-bond acceptors (Lipinski definition) is 3. The van der Waals surface area contributed by atoms with Crippen LogP contribution in [0.2, 0.25) is 0 Å². The zero-order chi connectivity index (χ0) is 9.90. The first-order valence-electron chi connectivity index (χ1n) is 4.53. The van der Waals surface area contributed by atoms with Crippen LogP contribution >= 0.6 is 0 Å². The van der Waals surface area contributed by atoms with Crippen LogP contribution in [0.15, 0.2) is 0 Å². The first-order chi connectivity index (χ1) is 6.11. The topological polar surface area (TPSA) is 61.4 Å². The van der Waals surface area contributed by atoms with E-state index in [1.165, 1.54) is 11.4 Å². The molecule has 1 unspecified atom stereocenters. The summed E-state index contributed by atoms with van der Waals surface area (Å²) < 4.78 is 26.9. The molecule has 1 atom stereocenters. The van der Waals surface area contributed by atoms with Gasteiger partial charge < -0.3 is 5.32 Å². The maximum absolute atomic E-state index is 11.5. The van der Waals surface area contributed by atoms with E-state index in [4.69, 9.17) is 0 Å². The highest BCUT2D eigenvalue weighted by molar-refractivity contribution is 7.87. The molecule has 5 nitrogen and oxygen atoms in total. The van der Waals surface area contributed by atoms with Gasteiger partial charge in [0.05, 0.1) is 0 Å². The molecule has 0 saturated carbocycles. The van der Waals surface area contributed by atoms with Crippen LogP contribution in [0.4, 0.5) is 0 Å². The van der Waals surface area contributed by atoms with Crippen molar-refractivity contribution in [1.29, 1.82) is 0 Å². The maximum atomic E-state index is 11.5. The van der Waals surface area contributed by atoms with Gasteiger partial charge in [0.15, 0.2) is 0 Å². The Labute approximate surface area is 79.7 Å². The van der Waals surface area contributed by atoms with E-state index in [1.807, 2.05) is 6.92 Å². The van der Waals surface area contributed by atoms with Gasteiger partial charge in [-0.15, -0.1) is 0 Å². The summed E-state index contributed by atoms with van der Waals surface area (Å²) in [6.07, 6.45) is 0.898. The standard InChI is InChI=1S/C7H17N3O2S/c1-3-10(13(11,12)8-2)7-4-5-9-6-7/h7-9H,3-6H2,1-2H3. The molecule has 1 saturated heterocycles. The van der Waals surface area contributed by atoms with E-state index in [0.29, 0.717) is 6.54 Å². The van der Waals surface area contributed by atoms with Gasteiger partial charge in [-0.05, 0) is 13.0 Å². The molecule has 2 N–H and O–H groups in total. The summed E-state index contributed by atoms with van der Waals surface area (Å²) in [6, 6.07) is 0.113. The molecule has 1 rings (SSSR count). The van der Waals surface area contributed by atoms with Gasteiger partial charge in [-0.25, -0.2) is 4.72 Å². The predicted molar refractivity (Wildman–Crippen MR) is 51.6 cm³/mol. The molecule has 78 valence electrons.